The van der Waals surface area contributed by atoms with E-state index in [4.69, 9.17) is 0 Å². The van der Waals surface area contributed by atoms with E-state index in [2.05, 4.69) is 5.73 Å². The first-order chi connectivity index (χ1) is 8.29. The molecule has 0 saturated carbocycles. The Bertz CT molecular complexity index is 597. The lowest BCUT2D eigenvalue weighted by Gasteiger charge is -2.15. The van der Waals surface area contributed by atoms with Crippen molar-refractivity contribution in [1.29, 1.82) is 0 Å². The van der Waals surface area contributed by atoms with Crippen LogP contribution in [0.5, 0.6) is 0 Å². The minimum atomic E-state index is -0.106. The highest BCUT2D eigenvalue weighted by Gasteiger charge is 2.32. The summed E-state index contributed by atoms with van der Waals surface area (Å²) in [7, 11) is 0. The largest absolute Gasteiger partial charge is 0.289 e. The number of carbonyl (C=O) groups is 2. The Hall–Kier alpha value is -2.18. The van der Waals surface area contributed by atoms with Gasteiger partial charge in [0.1, 0.15) is 0 Å². The molecule has 0 aliphatic heterocycles. The monoisotopic (exact) mass is 224 g/mol. The number of Topliss-reactive ketones (excluding diaryl/α,β-unsaturated/α-hetero) is 2. The summed E-state index contributed by atoms with van der Waals surface area (Å²) < 4.78 is 0. The molecule has 0 heterocycles. The average molecular weight is 224 g/mol. The Morgan fingerprint density at radius 2 is 1.53 bits per heavy atom. The number of fused-ring (bicyclic) bond motifs is 2. The summed E-state index contributed by atoms with van der Waals surface area (Å²) in [6.45, 7) is 4.00. The van der Waals surface area contributed by atoms with Gasteiger partial charge in [-0.3, -0.25) is 9.59 Å². The van der Waals surface area contributed by atoms with Crippen molar-refractivity contribution in [1.82, 2.24) is 0 Å². The van der Waals surface area contributed by atoms with Crippen molar-refractivity contribution in [2.24, 2.45) is 0 Å². The van der Waals surface area contributed by atoms with Crippen LogP contribution in [-0.4, -0.2) is 11.6 Å². The zero-order valence-electron chi connectivity index (χ0n) is 9.78. The van der Waals surface area contributed by atoms with Crippen LogP contribution in [0.2, 0.25) is 0 Å². The highest BCUT2D eigenvalue weighted by atomic mass is 16.1. The number of rotatable bonds is 0. The minimum absolute atomic E-state index is 0.0820. The highest BCUT2D eigenvalue weighted by Crippen LogP contribution is 2.30. The molecule has 2 nitrogen and oxygen atoms in total. The first-order valence-electron chi connectivity index (χ1n) is 5.65. The molecule has 0 amide bonds. The molecule has 84 valence electrons. The second kappa shape index (κ2) is 4.36. The van der Waals surface area contributed by atoms with Crippen molar-refractivity contribution in [2.45, 2.75) is 13.8 Å². The lowest BCUT2D eigenvalue weighted by Crippen LogP contribution is -2.21. The predicted octanol–water partition coefficient (Wildman–Crippen LogP) is 3.11. The molecule has 2 heteroatoms. The molecular weight excluding hydrogens is 212 g/mol. The number of allylic oxidation sites excluding steroid dienone is 3. The van der Waals surface area contributed by atoms with Gasteiger partial charge in [0.2, 0.25) is 5.78 Å². The topological polar surface area (TPSA) is 34.1 Å². The molecule has 1 aromatic carbocycles. The van der Waals surface area contributed by atoms with Crippen LogP contribution in [0.4, 0.5) is 0 Å². The molecular formula is C15H12O2. The molecule has 0 N–H and O–H groups in total. The van der Waals surface area contributed by atoms with Crippen LogP contribution in [0.15, 0.2) is 53.3 Å². The van der Waals surface area contributed by atoms with E-state index in [-0.39, 0.29) is 11.6 Å². The van der Waals surface area contributed by atoms with Gasteiger partial charge in [-0.05, 0) is 12.2 Å². The van der Waals surface area contributed by atoms with Gasteiger partial charge in [0.05, 0.1) is 5.57 Å². The number of benzene rings is 1. The highest BCUT2D eigenvalue weighted by molar-refractivity contribution is 6.31. The van der Waals surface area contributed by atoms with E-state index < -0.39 is 0 Å². The van der Waals surface area contributed by atoms with Crippen LogP contribution >= 0.6 is 0 Å². The normalized spacial score (nSPS) is 15.4. The molecule has 0 radical (unpaired) electrons. The second-order valence-electron chi connectivity index (χ2n) is 3.47. The van der Waals surface area contributed by atoms with E-state index in [0.29, 0.717) is 22.3 Å². The van der Waals surface area contributed by atoms with Gasteiger partial charge in [-0.15, -0.1) is 5.73 Å². The Balaban J connectivity index is 0.000000514. The van der Waals surface area contributed by atoms with Gasteiger partial charge in [-0.2, -0.15) is 0 Å². The maximum Gasteiger partial charge on any atom is 0.202 e. The Kier molecular flexibility index (Phi) is 2.90. The summed E-state index contributed by atoms with van der Waals surface area (Å²) in [6.07, 6.45) is 3.26. The third-order valence-electron chi connectivity index (χ3n) is 2.64. The molecule has 0 atom stereocenters. The van der Waals surface area contributed by atoms with E-state index in [1.54, 1.807) is 36.4 Å². The summed E-state index contributed by atoms with van der Waals surface area (Å²) in [5.41, 5.74) is 4.66. The number of hydrogen-bond acceptors (Lipinski definition) is 2. The lowest BCUT2D eigenvalue weighted by molar-refractivity contribution is 0.0973. The van der Waals surface area contributed by atoms with Gasteiger partial charge >= 0.3 is 0 Å². The van der Waals surface area contributed by atoms with Gasteiger partial charge in [0, 0.05) is 16.7 Å². The first-order valence-corrected chi connectivity index (χ1v) is 5.65. The fraction of sp³-hybridized carbons (Fsp3) is 0.133. The van der Waals surface area contributed by atoms with Crippen molar-refractivity contribution in [2.75, 3.05) is 0 Å². The molecule has 0 unspecified atom stereocenters. The van der Waals surface area contributed by atoms with Gasteiger partial charge in [-0.25, -0.2) is 0 Å². The molecule has 17 heavy (non-hydrogen) atoms. The fourth-order valence-corrected chi connectivity index (χ4v) is 1.91. The zero-order chi connectivity index (χ0) is 12.4. The van der Waals surface area contributed by atoms with Crippen LogP contribution in [0.25, 0.3) is 0 Å². The molecule has 0 bridgehead atoms. The maximum atomic E-state index is 11.9. The SMILES string of the molecule is CC.O=C1C2=C=CC=C2C(=O)c2ccccc21. The number of ketones is 2. The molecule has 3 rings (SSSR count). The van der Waals surface area contributed by atoms with Crippen molar-refractivity contribution < 1.29 is 9.59 Å². The van der Waals surface area contributed by atoms with Gasteiger partial charge in [-0.1, -0.05) is 38.1 Å². The molecule has 2 aliphatic carbocycles. The molecule has 1 aromatic rings. The number of hydrogen-bond donors (Lipinski definition) is 0. The third kappa shape index (κ3) is 1.59. The van der Waals surface area contributed by atoms with E-state index in [1.807, 2.05) is 13.8 Å². The quantitative estimate of drug-likeness (QED) is 0.634. The molecule has 0 fully saturated rings. The van der Waals surface area contributed by atoms with E-state index in [9.17, 15) is 9.59 Å². The van der Waals surface area contributed by atoms with Gasteiger partial charge in [0.15, 0.2) is 5.78 Å². The van der Waals surface area contributed by atoms with Gasteiger partial charge < -0.3 is 0 Å². The van der Waals surface area contributed by atoms with Crippen molar-refractivity contribution in [3.63, 3.8) is 0 Å². The zero-order valence-corrected chi connectivity index (χ0v) is 9.78. The molecule has 0 spiro atoms. The average Bonchev–Trinajstić information content (AvgIpc) is 2.88. The first kappa shape index (κ1) is 11.3. The second-order valence-corrected chi connectivity index (χ2v) is 3.47. The summed E-state index contributed by atoms with van der Waals surface area (Å²) >= 11 is 0. The Morgan fingerprint density at radius 3 is 2.18 bits per heavy atom. The molecule has 0 aromatic heterocycles. The standard InChI is InChI=1S/C13H6O2.C2H6/c14-12-8-4-1-2-5-9(8)13(15)11-7-3-6-10(11)12;1-2/h1-6H;1-2H3. The Labute approximate surface area is 100.0 Å². The predicted molar refractivity (Wildman–Crippen MR) is 66.1 cm³/mol. The van der Waals surface area contributed by atoms with Crippen LogP contribution in [-0.2, 0) is 0 Å². The summed E-state index contributed by atoms with van der Waals surface area (Å²) in [5, 5.41) is 0. The molecule has 2 aliphatic rings. The van der Waals surface area contributed by atoms with Crippen molar-refractivity contribution in [3.8, 4) is 0 Å². The summed E-state index contributed by atoms with van der Waals surface area (Å²) in [4.78, 5) is 23.9. The van der Waals surface area contributed by atoms with Crippen LogP contribution in [0, 0.1) is 0 Å². The third-order valence-corrected chi connectivity index (χ3v) is 2.64. The smallest absolute Gasteiger partial charge is 0.202 e. The van der Waals surface area contributed by atoms with E-state index >= 15 is 0 Å². The molecule has 0 saturated heterocycles. The lowest BCUT2D eigenvalue weighted by atomic mass is 9.84. The van der Waals surface area contributed by atoms with Crippen LogP contribution < -0.4 is 0 Å². The van der Waals surface area contributed by atoms with Crippen LogP contribution in [0.3, 0.4) is 0 Å². The van der Waals surface area contributed by atoms with Gasteiger partial charge in [0.25, 0.3) is 0 Å². The van der Waals surface area contributed by atoms with Crippen LogP contribution in [0.1, 0.15) is 34.6 Å². The maximum absolute atomic E-state index is 11.9. The number of carbonyl (C=O) groups excluding carboxylic acids is 2. The summed E-state index contributed by atoms with van der Waals surface area (Å²) in [6, 6.07) is 6.89. The summed E-state index contributed by atoms with van der Waals surface area (Å²) in [5.74, 6) is -0.188. The van der Waals surface area contributed by atoms with Crippen molar-refractivity contribution >= 4 is 11.6 Å². The Morgan fingerprint density at radius 1 is 0.941 bits per heavy atom. The van der Waals surface area contributed by atoms with E-state index in [0.717, 1.165) is 0 Å². The minimum Gasteiger partial charge on any atom is -0.289 e. The fourth-order valence-electron chi connectivity index (χ4n) is 1.91. The van der Waals surface area contributed by atoms with Crippen molar-refractivity contribution in [3.05, 3.63) is 64.4 Å². The van der Waals surface area contributed by atoms with E-state index in [1.165, 1.54) is 0 Å².